The third-order valence-corrected chi connectivity index (χ3v) is 7.92. The lowest BCUT2D eigenvalue weighted by molar-refractivity contribution is -0.114. The number of hydrogen-bond donors (Lipinski definition) is 2. The number of sulfone groups is 2. The molecule has 1 fully saturated rings. The lowest BCUT2D eigenvalue weighted by atomic mass is 10.2. The van der Waals surface area contributed by atoms with Crippen LogP contribution in [-0.4, -0.2) is 51.6 Å². The van der Waals surface area contributed by atoms with Crippen LogP contribution in [0.3, 0.4) is 0 Å². The van der Waals surface area contributed by atoms with Crippen LogP contribution in [0.5, 0.6) is 0 Å². The molecule has 2 unspecified atom stereocenters. The summed E-state index contributed by atoms with van der Waals surface area (Å²) in [5, 5.41) is 4.59. The molecule has 1 aromatic carbocycles. The highest BCUT2D eigenvalue weighted by molar-refractivity contribution is 7.96. The molecule has 0 radical (unpaired) electrons. The van der Waals surface area contributed by atoms with E-state index in [0.29, 0.717) is 5.69 Å². The van der Waals surface area contributed by atoms with Crippen LogP contribution in [0.4, 0.5) is 5.69 Å². The van der Waals surface area contributed by atoms with Crippen molar-refractivity contribution in [2.45, 2.75) is 43.0 Å². The van der Waals surface area contributed by atoms with Gasteiger partial charge in [-0.1, -0.05) is 13.8 Å². The van der Waals surface area contributed by atoms with Gasteiger partial charge in [-0.2, -0.15) is 0 Å². The van der Waals surface area contributed by atoms with Gasteiger partial charge in [0.15, 0.2) is 19.7 Å². The highest BCUT2D eigenvalue weighted by Gasteiger charge is 2.45. The Bertz CT molecular complexity index is 814. The molecule has 1 aliphatic rings. The maximum atomic E-state index is 12.9. The molecule has 1 saturated heterocycles. The highest BCUT2D eigenvalue weighted by atomic mass is 32.2. The third kappa shape index (κ3) is 4.34. The minimum atomic E-state index is -3.80. The average Bonchev–Trinajstić information content (AvgIpc) is 2.73. The van der Waals surface area contributed by atoms with E-state index in [1.54, 1.807) is 0 Å². The highest BCUT2D eigenvalue weighted by Crippen LogP contribution is 2.27. The first kappa shape index (κ1) is 18.9. The van der Waals surface area contributed by atoms with Crippen LogP contribution in [-0.2, 0) is 24.5 Å². The van der Waals surface area contributed by atoms with Gasteiger partial charge in [-0.05, 0) is 24.3 Å². The van der Waals surface area contributed by atoms with Crippen molar-refractivity contribution in [1.82, 2.24) is 5.32 Å². The lowest BCUT2D eigenvalue weighted by Crippen LogP contribution is -2.46. The quantitative estimate of drug-likeness (QED) is 0.780. The summed E-state index contributed by atoms with van der Waals surface area (Å²) >= 11 is 0. The van der Waals surface area contributed by atoms with Gasteiger partial charge in [0.1, 0.15) is 0 Å². The maximum Gasteiger partial charge on any atom is 0.221 e. The standard InChI is InChI=1S/C15H22N2O5S2/c1-10(2)16-14-8-23(19,20)9-15(14)24(21,22)13-6-4-12(5-7-13)17-11(3)18/h4-7,10,14-16H,8-9H2,1-3H3,(H,17,18). The predicted molar refractivity (Wildman–Crippen MR) is 92.4 cm³/mol. The van der Waals surface area contributed by atoms with E-state index >= 15 is 0 Å². The molecule has 1 aliphatic heterocycles. The second-order valence-electron chi connectivity index (χ2n) is 6.29. The average molecular weight is 374 g/mol. The van der Waals surface area contributed by atoms with E-state index in [1.165, 1.54) is 31.2 Å². The van der Waals surface area contributed by atoms with E-state index in [9.17, 15) is 21.6 Å². The number of amides is 1. The molecule has 2 rings (SSSR count). The number of benzene rings is 1. The molecule has 0 spiro atoms. The minimum Gasteiger partial charge on any atom is -0.326 e. The van der Waals surface area contributed by atoms with Gasteiger partial charge in [-0.15, -0.1) is 0 Å². The molecule has 0 aliphatic carbocycles. The van der Waals surface area contributed by atoms with Crippen LogP contribution < -0.4 is 10.6 Å². The molecule has 1 amide bonds. The Kier molecular flexibility index (Phi) is 5.36. The molecular weight excluding hydrogens is 352 g/mol. The van der Waals surface area contributed by atoms with E-state index in [2.05, 4.69) is 10.6 Å². The van der Waals surface area contributed by atoms with Gasteiger partial charge in [-0.25, -0.2) is 16.8 Å². The summed E-state index contributed by atoms with van der Waals surface area (Å²) < 4.78 is 49.6. The van der Waals surface area contributed by atoms with Gasteiger partial charge < -0.3 is 10.6 Å². The van der Waals surface area contributed by atoms with E-state index in [-0.39, 0.29) is 28.4 Å². The Labute approximate surface area is 142 Å². The van der Waals surface area contributed by atoms with Crippen molar-refractivity contribution in [2.75, 3.05) is 16.8 Å². The number of carbonyl (C=O) groups excluding carboxylic acids is 1. The van der Waals surface area contributed by atoms with Crippen LogP contribution in [0.25, 0.3) is 0 Å². The van der Waals surface area contributed by atoms with Crippen molar-refractivity contribution < 1.29 is 21.6 Å². The predicted octanol–water partition coefficient (Wildman–Crippen LogP) is 0.582. The molecule has 2 atom stereocenters. The van der Waals surface area contributed by atoms with Crippen molar-refractivity contribution in [2.24, 2.45) is 0 Å². The van der Waals surface area contributed by atoms with Crippen molar-refractivity contribution in [3.8, 4) is 0 Å². The van der Waals surface area contributed by atoms with E-state index < -0.39 is 31.0 Å². The van der Waals surface area contributed by atoms with E-state index in [4.69, 9.17) is 0 Å². The zero-order chi connectivity index (χ0) is 18.1. The monoisotopic (exact) mass is 374 g/mol. The fourth-order valence-electron chi connectivity index (χ4n) is 2.81. The normalized spacial score (nSPS) is 23.3. The van der Waals surface area contributed by atoms with Crippen LogP contribution in [0.2, 0.25) is 0 Å². The second-order valence-corrected chi connectivity index (χ2v) is 10.6. The second kappa shape index (κ2) is 6.81. The van der Waals surface area contributed by atoms with Crippen molar-refractivity contribution in [3.63, 3.8) is 0 Å². The molecule has 9 heteroatoms. The Morgan fingerprint density at radius 3 is 2.25 bits per heavy atom. The van der Waals surface area contributed by atoms with Gasteiger partial charge in [0.2, 0.25) is 5.91 Å². The van der Waals surface area contributed by atoms with Crippen LogP contribution in [0.15, 0.2) is 29.2 Å². The number of rotatable bonds is 5. The molecule has 7 nitrogen and oxygen atoms in total. The number of anilines is 1. The Hall–Kier alpha value is -1.45. The summed E-state index contributed by atoms with van der Waals surface area (Å²) in [7, 11) is -7.21. The van der Waals surface area contributed by atoms with E-state index in [1.807, 2.05) is 13.8 Å². The smallest absolute Gasteiger partial charge is 0.221 e. The topological polar surface area (TPSA) is 109 Å². The first-order valence-electron chi connectivity index (χ1n) is 7.59. The SMILES string of the molecule is CC(=O)Nc1ccc(S(=O)(=O)C2CS(=O)(=O)CC2NC(C)C)cc1. The molecule has 1 aromatic rings. The van der Waals surface area contributed by atoms with Crippen LogP contribution >= 0.6 is 0 Å². The molecule has 24 heavy (non-hydrogen) atoms. The molecular formula is C15H22N2O5S2. The van der Waals surface area contributed by atoms with Crippen molar-refractivity contribution in [3.05, 3.63) is 24.3 Å². The Balaban J connectivity index is 2.32. The number of carbonyl (C=O) groups is 1. The summed E-state index contributed by atoms with van der Waals surface area (Å²) in [4.78, 5) is 11.1. The van der Waals surface area contributed by atoms with Crippen LogP contribution in [0.1, 0.15) is 20.8 Å². The largest absolute Gasteiger partial charge is 0.326 e. The lowest BCUT2D eigenvalue weighted by Gasteiger charge is -2.22. The first-order chi connectivity index (χ1) is 11.0. The maximum absolute atomic E-state index is 12.9. The Morgan fingerprint density at radius 2 is 1.75 bits per heavy atom. The van der Waals surface area contributed by atoms with Gasteiger partial charge in [0, 0.05) is 24.7 Å². The number of hydrogen-bond acceptors (Lipinski definition) is 6. The van der Waals surface area contributed by atoms with E-state index in [0.717, 1.165) is 0 Å². The van der Waals surface area contributed by atoms with Crippen molar-refractivity contribution in [1.29, 1.82) is 0 Å². The van der Waals surface area contributed by atoms with Gasteiger partial charge in [-0.3, -0.25) is 4.79 Å². The summed E-state index contributed by atoms with van der Waals surface area (Å²) in [5.74, 6) is -0.819. The zero-order valence-corrected chi connectivity index (χ0v) is 15.4. The van der Waals surface area contributed by atoms with Crippen LogP contribution in [0, 0.1) is 0 Å². The van der Waals surface area contributed by atoms with Gasteiger partial charge >= 0.3 is 0 Å². The van der Waals surface area contributed by atoms with Gasteiger partial charge in [0.25, 0.3) is 0 Å². The summed E-state index contributed by atoms with van der Waals surface area (Å²) in [6, 6.07) is 5.10. The first-order valence-corrected chi connectivity index (χ1v) is 11.0. The van der Waals surface area contributed by atoms with Crippen molar-refractivity contribution >= 4 is 31.3 Å². The third-order valence-electron chi connectivity index (χ3n) is 3.75. The zero-order valence-electron chi connectivity index (χ0n) is 13.8. The summed E-state index contributed by atoms with van der Waals surface area (Å²) in [6.45, 7) is 5.05. The molecule has 0 saturated carbocycles. The Morgan fingerprint density at radius 1 is 1.17 bits per heavy atom. The molecule has 134 valence electrons. The molecule has 0 aromatic heterocycles. The fraction of sp³-hybridized carbons (Fsp3) is 0.533. The summed E-state index contributed by atoms with van der Waals surface area (Å²) in [5.41, 5.74) is 0.484. The molecule has 2 N–H and O–H groups in total. The van der Waals surface area contributed by atoms with Gasteiger partial charge in [0.05, 0.1) is 21.7 Å². The molecule has 0 bridgehead atoms. The summed E-state index contributed by atoms with van der Waals surface area (Å²) in [6.07, 6.45) is 0. The minimum absolute atomic E-state index is 0.0249. The fourth-order valence-corrected chi connectivity index (χ4v) is 7.49. The molecule has 1 heterocycles. The number of nitrogens with one attached hydrogen (secondary N) is 2.